The molecular formula is C13H15F2N3. The summed E-state index contributed by atoms with van der Waals surface area (Å²) in [5.41, 5.74) is 3.62. The van der Waals surface area contributed by atoms with Gasteiger partial charge in [-0.2, -0.15) is 5.10 Å². The summed E-state index contributed by atoms with van der Waals surface area (Å²) in [5, 5.41) is 10.1. The minimum Gasteiger partial charge on any atom is -0.378 e. The maximum absolute atomic E-state index is 12.6. The van der Waals surface area contributed by atoms with E-state index in [0.29, 0.717) is 6.54 Å². The predicted octanol–water partition coefficient (Wildman–Crippen LogP) is 3.58. The van der Waals surface area contributed by atoms with Crippen LogP contribution < -0.4 is 5.32 Å². The molecule has 1 aromatic carbocycles. The third-order valence-corrected chi connectivity index (χ3v) is 2.80. The zero-order valence-corrected chi connectivity index (χ0v) is 10.3. The fourth-order valence-corrected chi connectivity index (χ4v) is 1.84. The molecule has 5 heteroatoms. The standard InChI is InChI=1S/C13H15F2N3/c1-8-12(9(2)18-17-8)16-7-10-4-3-5-11(6-10)13(14)15/h3-6,13,16H,7H2,1-2H3,(H,17,18). The van der Waals surface area contributed by atoms with Gasteiger partial charge in [0.25, 0.3) is 6.43 Å². The van der Waals surface area contributed by atoms with E-state index in [1.165, 1.54) is 12.1 Å². The maximum atomic E-state index is 12.6. The number of anilines is 1. The van der Waals surface area contributed by atoms with Crippen molar-refractivity contribution in [3.63, 3.8) is 0 Å². The van der Waals surface area contributed by atoms with Crippen LogP contribution in [0.5, 0.6) is 0 Å². The third-order valence-electron chi connectivity index (χ3n) is 2.80. The Morgan fingerprint density at radius 1 is 1.33 bits per heavy atom. The number of aromatic nitrogens is 2. The molecule has 0 saturated heterocycles. The summed E-state index contributed by atoms with van der Waals surface area (Å²) >= 11 is 0. The third kappa shape index (κ3) is 2.67. The number of benzene rings is 1. The molecule has 0 amide bonds. The smallest absolute Gasteiger partial charge is 0.263 e. The highest BCUT2D eigenvalue weighted by Gasteiger charge is 2.08. The number of aryl methyl sites for hydroxylation is 2. The molecule has 2 rings (SSSR count). The molecular weight excluding hydrogens is 236 g/mol. The van der Waals surface area contributed by atoms with Gasteiger partial charge in [-0.15, -0.1) is 0 Å². The Morgan fingerprint density at radius 3 is 2.72 bits per heavy atom. The van der Waals surface area contributed by atoms with Gasteiger partial charge in [-0.25, -0.2) is 8.78 Å². The molecule has 3 nitrogen and oxygen atoms in total. The number of halogens is 2. The Kier molecular flexibility index (Phi) is 3.60. The minimum absolute atomic E-state index is 0.0509. The number of rotatable bonds is 4. The molecule has 96 valence electrons. The van der Waals surface area contributed by atoms with E-state index < -0.39 is 6.43 Å². The van der Waals surface area contributed by atoms with E-state index in [1.54, 1.807) is 6.07 Å². The van der Waals surface area contributed by atoms with Crippen molar-refractivity contribution >= 4 is 5.69 Å². The van der Waals surface area contributed by atoms with E-state index in [2.05, 4.69) is 15.5 Å². The SMILES string of the molecule is Cc1n[nH]c(C)c1NCc1cccc(C(F)F)c1. The van der Waals surface area contributed by atoms with Gasteiger partial charge in [0.15, 0.2) is 0 Å². The highest BCUT2D eigenvalue weighted by atomic mass is 19.3. The van der Waals surface area contributed by atoms with Crippen LogP contribution in [0.1, 0.15) is 28.9 Å². The zero-order chi connectivity index (χ0) is 13.1. The molecule has 0 spiro atoms. The Morgan fingerprint density at radius 2 is 2.11 bits per heavy atom. The van der Waals surface area contributed by atoms with Gasteiger partial charge in [0.05, 0.1) is 17.1 Å². The van der Waals surface area contributed by atoms with Gasteiger partial charge < -0.3 is 5.32 Å². The number of hydrogen-bond acceptors (Lipinski definition) is 2. The summed E-state index contributed by atoms with van der Waals surface area (Å²) < 4.78 is 25.1. The molecule has 0 radical (unpaired) electrons. The number of hydrogen-bond donors (Lipinski definition) is 2. The van der Waals surface area contributed by atoms with E-state index >= 15 is 0 Å². The Labute approximate surface area is 104 Å². The predicted molar refractivity (Wildman–Crippen MR) is 66.8 cm³/mol. The van der Waals surface area contributed by atoms with Crippen LogP contribution in [0.25, 0.3) is 0 Å². The van der Waals surface area contributed by atoms with E-state index in [9.17, 15) is 8.78 Å². The molecule has 0 aliphatic heterocycles. The van der Waals surface area contributed by atoms with Crippen molar-refractivity contribution in [2.45, 2.75) is 26.8 Å². The number of nitrogens with one attached hydrogen (secondary N) is 2. The van der Waals surface area contributed by atoms with Crippen molar-refractivity contribution in [2.75, 3.05) is 5.32 Å². The first kappa shape index (κ1) is 12.5. The van der Waals surface area contributed by atoms with Crippen LogP contribution in [-0.4, -0.2) is 10.2 Å². The monoisotopic (exact) mass is 251 g/mol. The quantitative estimate of drug-likeness (QED) is 0.872. The average Bonchev–Trinajstić information content (AvgIpc) is 2.67. The summed E-state index contributed by atoms with van der Waals surface area (Å²) in [6.07, 6.45) is -2.43. The van der Waals surface area contributed by atoms with Crippen molar-refractivity contribution in [3.05, 3.63) is 46.8 Å². The first-order valence-corrected chi connectivity index (χ1v) is 5.70. The molecule has 1 aromatic heterocycles. The van der Waals surface area contributed by atoms with Gasteiger partial charge >= 0.3 is 0 Å². The second-order valence-corrected chi connectivity index (χ2v) is 4.21. The van der Waals surface area contributed by atoms with Gasteiger partial charge in [-0.1, -0.05) is 18.2 Å². The molecule has 2 N–H and O–H groups in total. The summed E-state index contributed by atoms with van der Waals surface area (Å²) in [4.78, 5) is 0. The topological polar surface area (TPSA) is 40.7 Å². The molecule has 0 aliphatic carbocycles. The fraction of sp³-hybridized carbons (Fsp3) is 0.308. The number of aromatic amines is 1. The van der Waals surface area contributed by atoms with Crippen molar-refractivity contribution in [1.29, 1.82) is 0 Å². The number of alkyl halides is 2. The average molecular weight is 251 g/mol. The molecule has 1 heterocycles. The van der Waals surface area contributed by atoms with Crippen molar-refractivity contribution < 1.29 is 8.78 Å². The lowest BCUT2D eigenvalue weighted by molar-refractivity contribution is 0.151. The first-order valence-electron chi connectivity index (χ1n) is 5.70. The molecule has 0 fully saturated rings. The van der Waals surface area contributed by atoms with Crippen LogP contribution in [0.15, 0.2) is 24.3 Å². The van der Waals surface area contributed by atoms with E-state index in [0.717, 1.165) is 22.6 Å². The Bertz CT molecular complexity index is 515. The van der Waals surface area contributed by atoms with Crippen molar-refractivity contribution in [3.8, 4) is 0 Å². The van der Waals surface area contributed by atoms with Crippen LogP contribution in [0.3, 0.4) is 0 Å². The van der Waals surface area contributed by atoms with E-state index in [1.807, 2.05) is 19.9 Å². The first-order chi connectivity index (χ1) is 8.58. The Balaban J connectivity index is 2.09. The lowest BCUT2D eigenvalue weighted by Gasteiger charge is -2.08. The normalized spacial score (nSPS) is 10.9. The molecule has 0 unspecified atom stereocenters. The van der Waals surface area contributed by atoms with Crippen LogP contribution in [-0.2, 0) is 6.54 Å². The van der Waals surface area contributed by atoms with Gasteiger partial charge in [0, 0.05) is 12.1 Å². The largest absolute Gasteiger partial charge is 0.378 e. The summed E-state index contributed by atoms with van der Waals surface area (Å²) in [6, 6.07) is 6.42. The second kappa shape index (κ2) is 5.16. The zero-order valence-electron chi connectivity index (χ0n) is 10.3. The van der Waals surface area contributed by atoms with Crippen LogP contribution in [0.2, 0.25) is 0 Å². The molecule has 2 aromatic rings. The van der Waals surface area contributed by atoms with Gasteiger partial charge in [0.1, 0.15) is 0 Å². The van der Waals surface area contributed by atoms with Crippen molar-refractivity contribution in [1.82, 2.24) is 10.2 Å². The fourth-order valence-electron chi connectivity index (χ4n) is 1.84. The lowest BCUT2D eigenvalue weighted by atomic mass is 10.1. The number of nitrogens with zero attached hydrogens (tertiary/aromatic N) is 1. The van der Waals surface area contributed by atoms with Crippen LogP contribution >= 0.6 is 0 Å². The molecule has 0 atom stereocenters. The lowest BCUT2D eigenvalue weighted by Crippen LogP contribution is -2.01. The number of H-pyrrole nitrogens is 1. The maximum Gasteiger partial charge on any atom is 0.263 e. The van der Waals surface area contributed by atoms with Crippen LogP contribution in [0, 0.1) is 13.8 Å². The van der Waals surface area contributed by atoms with E-state index in [4.69, 9.17) is 0 Å². The summed E-state index contributed by atoms with van der Waals surface area (Å²) in [5.74, 6) is 0. The second-order valence-electron chi connectivity index (χ2n) is 4.21. The molecule has 0 saturated carbocycles. The summed E-state index contributed by atoms with van der Waals surface area (Å²) in [7, 11) is 0. The van der Waals surface area contributed by atoms with Crippen LogP contribution in [0.4, 0.5) is 14.5 Å². The van der Waals surface area contributed by atoms with E-state index in [-0.39, 0.29) is 5.56 Å². The van der Waals surface area contributed by atoms with Gasteiger partial charge in [-0.05, 0) is 25.5 Å². The van der Waals surface area contributed by atoms with Gasteiger partial charge in [-0.3, -0.25) is 5.10 Å². The minimum atomic E-state index is -2.43. The Hall–Kier alpha value is -1.91. The summed E-state index contributed by atoms with van der Waals surface area (Å²) in [6.45, 7) is 4.31. The molecule has 18 heavy (non-hydrogen) atoms. The highest BCUT2D eigenvalue weighted by Crippen LogP contribution is 2.21. The van der Waals surface area contributed by atoms with Crippen molar-refractivity contribution in [2.24, 2.45) is 0 Å². The van der Waals surface area contributed by atoms with Gasteiger partial charge in [0.2, 0.25) is 0 Å². The molecule has 0 aliphatic rings. The highest BCUT2D eigenvalue weighted by molar-refractivity contribution is 5.51. The molecule has 0 bridgehead atoms.